The van der Waals surface area contributed by atoms with Crippen LogP contribution >= 0.6 is 15.9 Å². The minimum absolute atomic E-state index is 0. The zero-order valence-corrected chi connectivity index (χ0v) is 38.2. The van der Waals surface area contributed by atoms with Crippen molar-refractivity contribution in [1.29, 1.82) is 0 Å². The normalized spacial score (nSPS) is 11.8. The summed E-state index contributed by atoms with van der Waals surface area (Å²) in [6, 6.07) is 34.4. The van der Waals surface area contributed by atoms with Crippen molar-refractivity contribution in [2.45, 2.75) is 41.5 Å². The first-order chi connectivity index (χ1) is 27.6. The van der Waals surface area contributed by atoms with Gasteiger partial charge in [0.15, 0.2) is 0 Å². The van der Waals surface area contributed by atoms with Crippen molar-refractivity contribution in [2.75, 3.05) is 0 Å². The summed E-state index contributed by atoms with van der Waals surface area (Å²) >= 11 is 3.66. The maximum Gasteiger partial charge on any atom is 0.0737 e. The number of benzene rings is 4. The molecule has 4 aromatic carbocycles. The third kappa shape index (κ3) is 6.94. The molecular weight excluding hydrogens is 826 g/mol. The quantitative estimate of drug-likeness (QED) is 0.137. The number of hydrogen-bond donors (Lipinski definition) is 2. The SMILES string of the molecule is C#Cc1ccc(-c2c3nc(c(-c4c(C)cc(C)cc4C)c4ccc([nH]4)c(-c4ccc(Br)cc4)c4nc(c(-c5c(C)cc(C)cc5C)c5ccc2[nH]5)C=C4)C=C3)cc1.[Zn]. The molecule has 2 aliphatic heterocycles. The maximum atomic E-state index is 5.81. The van der Waals surface area contributed by atoms with Gasteiger partial charge < -0.3 is 9.97 Å². The number of aromatic amines is 2. The minimum atomic E-state index is 0. The summed E-state index contributed by atoms with van der Waals surface area (Å²) in [7, 11) is 0. The third-order valence-electron chi connectivity index (χ3n) is 11.1. The number of hydrogen-bond acceptors (Lipinski definition) is 2. The Bertz CT molecular complexity index is 2980. The summed E-state index contributed by atoms with van der Waals surface area (Å²) in [5, 5.41) is 0. The molecule has 0 saturated heterocycles. The number of rotatable bonds is 4. The first-order valence-electron chi connectivity index (χ1n) is 19.2. The molecule has 3 aromatic heterocycles. The van der Waals surface area contributed by atoms with E-state index < -0.39 is 0 Å². The zero-order valence-electron chi connectivity index (χ0n) is 33.6. The van der Waals surface area contributed by atoms with Gasteiger partial charge in [-0.15, -0.1) is 6.42 Å². The fourth-order valence-electron chi connectivity index (χ4n) is 8.84. The van der Waals surface area contributed by atoms with Crippen molar-refractivity contribution in [3.05, 3.63) is 163 Å². The van der Waals surface area contributed by atoms with Crippen LogP contribution in [0.4, 0.5) is 0 Å². The first-order valence-corrected chi connectivity index (χ1v) is 20.0. The van der Waals surface area contributed by atoms with Gasteiger partial charge >= 0.3 is 0 Å². The molecule has 0 amide bonds. The van der Waals surface area contributed by atoms with Gasteiger partial charge in [0, 0.05) is 73.8 Å². The number of fused-ring (bicyclic) bond motifs is 8. The second-order valence-corrected chi connectivity index (χ2v) is 16.2. The summed E-state index contributed by atoms with van der Waals surface area (Å²) in [5.74, 6) is 2.78. The van der Waals surface area contributed by atoms with E-state index >= 15 is 0 Å². The monoisotopic (exact) mass is 864 g/mol. The molecule has 5 heterocycles. The summed E-state index contributed by atoms with van der Waals surface area (Å²) in [5.41, 5.74) is 24.1. The predicted octanol–water partition coefficient (Wildman–Crippen LogP) is 13.9. The molecule has 7 aromatic rings. The molecule has 0 aliphatic carbocycles. The molecule has 278 valence electrons. The minimum Gasteiger partial charge on any atom is -0.354 e. The Morgan fingerprint density at radius 2 is 0.776 bits per heavy atom. The van der Waals surface area contributed by atoms with Crippen molar-refractivity contribution < 1.29 is 19.5 Å². The molecular formula is C52H41BrN4Zn. The van der Waals surface area contributed by atoms with E-state index in [4.69, 9.17) is 16.4 Å². The van der Waals surface area contributed by atoms with Crippen LogP contribution in [0.2, 0.25) is 0 Å². The van der Waals surface area contributed by atoms with Crippen LogP contribution in [0.15, 0.2) is 102 Å². The number of aromatic nitrogens is 4. The molecule has 2 N–H and O–H groups in total. The van der Waals surface area contributed by atoms with E-state index in [1.54, 1.807) is 0 Å². The van der Waals surface area contributed by atoms with Gasteiger partial charge in [-0.1, -0.05) is 81.5 Å². The summed E-state index contributed by atoms with van der Waals surface area (Å²) in [4.78, 5) is 18.8. The van der Waals surface area contributed by atoms with Crippen LogP contribution in [-0.2, 0) is 19.5 Å². The molecule has 8 bridgehead atoms. The van der Waals surface area contributed by atoms with Crippen molar-refractivity contribution in [3.63, 3.8) is 0 Å². The van der Waals surface area contributed by atoms with E-state index in [1.807, 2.05) is 12.1 Å². The second-order valence-electron chi connectivity index (χ2n) is 15.3. The molecule has 0 atom stereocenters. The Morgan fingerprint density at radius 3 is 1.14 bits per heavy atom. The van der Waals surface area contributed by atoms with Gasteiger partial charge in [0.25, 0.3) is 0 Å². The number of nitrogens with zero attached hydrogens (tertiary/aromatic N) is 2. The molecule has 4 nitrogen and oxygen atoms in total. The molecule has 0 unspecified atom stereocenters. The molecule has 58 heavy (non-hydrogen) atoms. The van der Waals surface area contributed by atoms with Crippen LogP contribution in [0.1, 0.15) is 61.7 Å². The molecule has 0 spiro atoms. The van der Waals surface area contributed by atoms with Crippen molar-refractivity contribution >= 4 is 62.3 Å². The first kappa shape index (κ1) is 39.0. The van der Waals surface area contributed by atoms with Crippen LogP contribution < -0.4 is 0 Å². The molecule has 9 rings (SSSR count). The van der Waals surface area contributed by atoms with Gasteiger partial charge in [0.2, 0.25) is 0 Å². The van der Waals surface area contributed by atoms with Gasteiger partial charge in [0.05, 0.1) is 22.8 Å². The Hall–Kier alpha value is -5.86. The van der Waals surface area contributed by atoms with Crippen LogP contribution in [0, 0.1) is 53.9 Å². The summed E-state index contributed by atoms with van der Waals surface area (Å²) < 4.78 is 1.02. The maximum absolute atomic E-state index is 5.81. The van der Waals surface area contributed by atoms with Crippen LogP contribution in [0.5, 0.6) is 0 Å². The molecule has 2 aliphatic rings. The third-order valence-corrected chi connectivity index (χ3v) is 11.6. The average Bonchev–Trinajstić information content (AvgIpc) is 4.02. The Kier molecular flexibility index (Phi) is 10.4. The summed E-state index contributed by atoms with van der Waals surface area (Å²) in [6.07, 6.45) is 14.4. The largest absolute Gasteiger partial charge is 0.354 e. The Balaban J connectivity index is 0.00000469. The average molecular weight is 867 g/mol. The fraction of sp³-hybridized carbons (Fsp3) is 0.115. The van der Waals surface area contributed by atoms with E-state index in [2.05, 4.69) is 183 Å². The number of terminal acetylenes is 1. The van der Waals surface area contributed by atoms with Gasteiger partial charge in [-0.25, -0.2) is 9.97 Å². The van der Waals surface area contributed by atoms with E-state index in [1.165, 1.54) is 44.5 Å². The summed E-state index contributed by atoms with van der Waals surface area (Å²) in [6.45, 7) is 13.1. The van der Waals surface area contributed by atoms with Crippen LogP contribution in [-0.4, -0.2) is 19.9 Å². The molecule has 6 heteroatoms. The van der Waals surface area contributed by atoms with Gasteiger partial charge in [-0.3, -0.25) is 0 Å². The van der Waals surface area contributed by atoms with Gasteiger partial charge in [0.1, 0.15) is 0 Å². The van der Waals surface area contributed by atoms with E-state index in [9.17, 15) is 0 Å². The standard InChI is InChI=1S/C52H41BrN4.Zn/c1-8-35-9-11-36(12-10-35)49-39-17-21-43(54-39)51(47-31(4)25-29(2)26-32(47)5)45-23-19-41(56-45)50(37-13-15-38(53)16-14-37)42-20-24-46(57-42)52(44-22-18-40(49)55-44)48-33(6)27-30(3)28-34(48)7;/h1,9-28,54,57H,2-7H3;. The van der Waals surface area contributed by atoms with E-state index in [0.29, 0.717) is 0 Å². The van der Waals surface area contributed by atoms with Crippen LogP contribution in [0.25, 0.3) is 90.9 Å². The second kappa shape index (κ2) is 15.5. The number of H-pyrrole nitrogens is 2. The number of halogens is 1. The Labute approximate surface area is 361 Å². The predicted molar refractivity (Wildman–Crippen MR) is 245 cm³/mol. The number of nitrogens with one attached hydrogen (secondary N) is 2. The molecule has 0 saturated carbocycles. The fourth-order valence-corrected chi connectivity index (χ4v) is 9.10. The smallest absolute Gasteiger partial charge is 0.0737 e. The Morgan fingerprint density at radius 1 is 0.448 bits per heavy atom. The number of aryl methyl sites for hydroxylation is 6. The molecule has 0 radical (unpaired) electrons. The van der Waals surface area contributed by atoms with Crippen LogP contribution in [0.3, 0.4) is 0 Å². The molecule has 0 fully saturated rings. The van der Waals surface area contributed by atoms with E-state index in [-0.39, 0.29) is 19.5 Å². The van der Waals surface area contributed by atoms with E-state index in [0.717, 1.165) is 88.3 Å². The van der Waals surface area contributed by atoms with Crippen molar-refractivity contribution in [3.8, 4) is 56.9 Å². The van der Waals surface area contributed by atoms with Crippen molar-refractivity contribution in [2.24, 2.45) is 0 Å². The zero-order chi connectivity index (χ0) is 39.5. The van der Waals surface area contributed by atoms with Gasteiger partial charge in [-0.2, -0.15) is 0 Å². The van der Waals surface area contributed by atoms with Crippen molar-refractivity contribution in [1.82, 2.24) is 19.9 Å². The van der Waals surface area contributed by atoms with Gasteiger partial charge in [-0.05, 0) is 159 Å². The topological polar surface area (TPSA) is 57.4 Å².